The molecule has 0 saturated heterocycles. The van der Waals surface area contributed by atoms with Crippen LogP contribution in [0.5, 0.6) is 0 Å². The van der Waals surface area contributed by atoms with Crippen LogP contribution in [0.15, 0.2) is 34.1 Å². The van der Waals surface area contributed by atoms with Crippen LogP contribution in [0.1, 0.15) is 15.4 Å². The molecule has 21 heavy (non-hydrogen) atoms. The summed E-state index contributed by atoms with van der Waals surface area (Å²) >= 11 is 4.65. The van der Waals surface area contributed by atoms with Gasteiger partial charge in [-0.1, -0.05) is 6.07 Å². The Bertz CT molecular complexity index is 672. The molecule has 0 aliphatic carbocycles. The monoisotopic (exact) mass is 367 g/mol. The molecule has 2 aromatic heterocycles. The second kappa shape index (κ2) is 6.82. The number of aromatic nitrogens is 1. The zero-order chi connectivity index (χ0) is 15.4. The van der Waals surface area contributed by atoms with Crippen molar-refractivity contribution < 1.29 is 9.59 Å². The van der Waals surface area contributed by atoms with Gasteiger partial charge in [0, 0.05) is 12.7 Å². The summed E-state index contributed by atoms with van der Waals surface area (Å²) in [5.74, 6) is 0.0253. The third kappa shape index (κ3) is 4.37. The number of aryl methyl sites for hydroxylation is 1. The lowest BCUT2D eigenvalue weighted by Gasteiger charge is -2.15. The molecular formula is C14H14BrN3O2S. The largest absolute Gasteiger partial charge is 0.332 e. The van der Waals surface area contributed by atoms with E-state index in [1.807, 2.05) is 25.1 Å². The Morgan fingerprint density at radius 1 is 1.33 bits per heavy atom. The minimum atomic E-state index is -0.278. The third-order valence-electron chi connectivity index (χ3n) is 2.67. The van der Waals surface area contributed by atoms with E-state index in [1.165, 1.54) is 16.2 Å². The molecule has 0 bridgehead atoms. The van der Waals surface area contributed by atoms with Crippen molar-refractivity contribution in [3.63, 3.8) is 0 Å². The summed E-state index contributed by atoms with van der Waals surface area (Å²) in [6.07, 6.45) is 0. The molecule has 7 heteroatoms. The highest BCUT2D eigenvalue weighted by atomic mass is 79.9. The zero-order valence-corrected chi connectivity index (χ0v) is 14.0. The Morgan fingerprint density at radius 2 is 2.10 bits per heavy atom. The summed E-state index contributed by atoms with van der Waals surface area (Å²) in [7, 11) is 1.60. The van der Waals surface area contributed by atoms with Crippen molar-refractivity contribution in [2.24, 2.45) is 0 Å². The maximum Gasteiger partial charge on any atom is 0.264 e. The van der Waals surface area contributed by atoms with E-state index in [4.69, 9.17) is 0 Å². The quantitative estimate of drug-likeness (QED) is 0.903. The number of pyridine rings is 1. The second-order valence-corrected chi connectivity index (χ2v) is 6.94. The molecule has 0 saturated carbocycles. The lowest BCUT2D eigenvalue weighted by molar-refractivity contribution is -0.116. The number of halogens is 1. The summed E-state index contributed by atoms with van der Waals surface area (Å²) in [4.78, 5) is 30.2. The normalized spacial score (nSPS) is 10.2. The maximum absolute atomic E-state index is 12.1. The van der Waals surface area contributed by atoms with Gasteiger partial charge in [-0.05, 0) is 47.1 Å². The summed E-state index contributed by atoms with van der Waals surface area (Å²) in [5, 5.41) is 2.68. The van der Waals surface area contributed by atoms with E-state index in [0.29, 0.717) is 10.7 Å². The summed E-state index contributed by atoms with van der Waals surface area (Å²) < 4.78 is 0.882. The lowest BCUT2D eigenvalue weighted by atomic mass is 10.3. The van der Waals surface area contributed by atoms with E-state index in [9.17, 15) is 9.59 Å². The van der Waals surface area contributed by atoms with Gasteiger partial charge in [-0.3, -0.25) is 9.59 Å². The van der Waals surface area contributed by atoms with Crippen LogP contribution in [-0.2, 0) is 4.79 Å². The molecular weight excluding hydrogens is 354 g/mol. The van der Waals surface area contributed by atoms with Crippen LogP contribution in [-0.4, -0.2) is 35.3 Å². The van der Waals surface area contributed by atoms with Crippen LogP contribution < -0.4 is 5.32 Å². The van der Waals surface area contributed by atoms with Gasteiger partial charge >= 0.3 is 0 Å². The first kappa shape index (κ1) is 15.7. The van der Waals surface area contributed by atoms with Gasteiger partial charge in [0.1, 0.15) is 5.82 Å². The molecule has 2 rings (SSSR count). The number of amides is 2. The van der Waals surface area contributed by atoms with Crippen molar-refractivity contribution >= 4 is 44.9 Å². The van der Waals surface area contributed by atoms with Crippen molar-refractivity contribution in [1.29, 1.82) is 0 Å². The van der Waals surface area contributed by atoms with E-state index in [1.54, 1.807) is 19.2 Å². The van der Waals surface area contributed by atoms with Crippen LogP contribution in [0.4, 0.5) is 5.82 Å². The molecule has 2 heterocycles. The number of thiophene rings is 1. The number of hydrogen-bond donors (Lipinski definition) is 1. The predicted molar refractivity (Wildman–Crippen MR) is 86.6 cm³/mol. The average Bonchev–Trinajstić information content (AvgIpc) is 2.84. The van der Waals surface area contributed by atoms with Gasteiger partial charge < -0.3 is 10.2 Å². The third-order valence-corrected chi connectivity index (χ3v) is 4.28. The molecule has 5 nitrogen and oxygen atoms in total. The smallest absolute Gasteiger partial charge is 0.264 e. The van der Waals surface area contributed by atoms with Gasteiger partial charge in [0.15, 0.2) is 0 Å². The SMILES string of the molecule is Cc1cccc(NC(=O)CN(C)C(=O)c2ccc(Br)s2)n1. The Kier molecular flexibility index (Phi) is 5.08. The zero-order valence-electron chi connectivity index (χ0n) is 11.6. The molecule has 110 valence electrons. The first-order chi connectivity index (χ1) is 9.95. The van der Waals surface area contributed by atoms with Crippen molar-refractivity contribution in [2.45, 2.75) is 6.92 Å². The fraction of sp³-hybridized carbons (Fsp3) is 0.214. The van der Waals surface area contributed by atoms with Crippen molar-refractivity contribution in [1.82, 2.24) is 9.88 Å². The van der Waals surface area contributed by atoms with E-state index in [0.717, 1.165) is 9.48 Å². The molecule has 2 aromatic rings. The molecule has 0 fully saturated rings. The van der Waals surface area contributed by atoms with Crippen LogP contribution in [0.2, 0.25) is 0 Å². The van der Waals surface area contributed by atoms with Gasteiger partial charge in [-0.25, -0.2) is 4.98 Å². The molecule has 0 atom stereocenters. The molecule has 0 unspecified atom stereocenters. The van der Waals surface area contributed by atoms with E-state index in [-0.39, 0.29) is 18.4 Å². The minimum Gasteiger partial charge on any atom is -0.332 e. The molecule has 0 radical (unpaired) electrons. The molecule has 2 amide bonds. The number of nitrogens with one attached hydrogen (secondary N) is 1. The first-order valence-corrected chi connectivity index (χ1v) is 7.81. The summed E-state index contributed by atoms with van der Waals surface area (Å²) in [5.41, 5.74) is 0.820. The van der Waals surface area contributed by atoms with Gasteiger partial charge in [0.25, 0.3) is 5.91 Å². The van der Waals surface area contributed by atoms with Crippen LogP contribution in [0.25, 0.3) is 0 Å². The second-order valence-electron chi connectivity index (χ2n) is 4.48. The molecule has 0 spiro atoms. The van der Waals surface area contributed by atoms with Crippen LogP contribution in [0, 0.1) is 6.92 Å². The van der Waals surface area contributed by atoms with Crippen LogP contribution in [0.3, 0.4) is 0 Å². The molecule has 0 aromatic carbocycles. The highest BCUT2D eigenvalue weighted by Crippen LogP contribution is 2.22. The highest BCUT2D eigenvalue weighted by Gasteiger charge is 2.16. The number of carbonyl (C=O) groups is 2. The maximum atomic E-state index is 12.1. The van der Waals surface area contributed by atoms with Gasteiger partial charge in [0.2, 0.25) is 5.91 Å². The minimum absolute atomic E-state index is 0.0238. The predicted octanol–water partition coefficient (Wildman–Crippen LogP) is 2.92. The van der Waals surface area contributed by atoms with Crippen molar-refractivity contribution in [3.05, 3.63) is 44.7 Å². The Morgan fingerprint density at radius 3 is 2.71 bits per heavy atom. The average molecular weight is 368 g/mol. The van der Waals surface area contributed by atoms with Crippen molar-refractivity contribution in [3.8, 4) is 0 Å². The van der Waals surface area contributed by atoms with E-state index in [2.05, 4.69) is 26.2 Å². The van der Waals surface area contributed by atoms with Gasteiger partial charge in [-0.15, -0.1) is 11.3 Å². The van der Waals surface area contributed by atoms with Crippen LogP contribution >= 0.6 is 27.3 Å². The fourth-order valence-electron chi connectivity index (χ4n) is 1.70. The van der Waals surface area contributed by atoms with E-state index >= 15 is 0 Å². The fourth-order valence-corrected chi connectivity index (χ4v) is 3.08. The molecule has 0 aliphatic rings. The Balaban J connectivity index is 1.94. The highest BCUT2D eigenvalue weighted by molar-refractivity contribution is 9.11. The Labute approximate surface area is 135 Å². The number of rotatable bonds is 4. The van der Waals surface area contributed by atoms with Gasteiger partial charge in [-0.2, -0.15) is 0 Å². The topological polar surface area (TPSA) is 62.3 Å². The Hall–Kier alpha value is -1.73. The number of hydrogen-bond acceptors (Lipinski definition) is 4. The lowest BCUT2D eigenvalue weighted by Crippen LogP contribution is -2.34. The van der Waals surface area contributed by atoms with Gasteiger partial charge in [0.05, 0.1) is 15.2 Å². The summed E-state index contributed by atoms with van der Waals surface area (Å²) in [6, 6.07) is 8.91. The summed E-state index contributed by atoms with van der Waals surface area (Å²) in [6.45, 7) is 1.82. The standard InChI is InChI=1S/C14H14BrN3O2S/c1-9-4-3-5-12(16-9)17-13(19)8-18(2)14(20)10-6-7-11(15)21-10/h3-7H,8H2,1-2H3,(H,16,17,19). The van der Waals surface area contributed by atoms with Crippen molar-refractivity contribution in [2.75, 3.05) is 18.9 Å². The number of carbonyl (C=O) groups excluding carboxylic acids is 2. The van der Waals surface area contributed by atoms with E-state index < -0.39 is 0 Å². The number of anilines is 1. The molecule has 0 aliphatic heterocycles. The molecule has 1 N–H and O–H groups in total. The first-order valence-electron chi connectivity index (χ1n) is 6.20. The number of nitrogens with zero attached hydrogens (tertiary/aromatic N) is 2. The number of likely N-dealkylation sites (N-methyl/N-ethyl adjacent to an activating group) is 1.